The van der Waals surface area contributed by atoms with Gasteiger partial charge < -0.3 is 18.1 Å². The summed E-state index contributed by atoms with van der Waals surface area (Å²) in [7, 11) is 0. The van der Waals surface area contributed by atoms with E-state index in [0.29, 0.717) is 0 Å². The van der Waals surface area contributed by atoms with Crippen molar-refractivity contribution in [2.75, 3.05) is 0 Å². The molecule has 11 aromatic carbocycles. The van der Waals surface area contributed by atoms with Gasteiger partial charge in [0.15, 0.2) is 0 Å². The maximum absolute atomic E-state index is 6.56. The Morgan fingerprint density at radius 1 is 0.200 bits per heavy atom. The molecule has 4 heteroatoms. The van der Waals surface area contributed by atoms with Crippen LogP contribution >= 0.6 is 0 Å². The smallest absolute Gasteiger partial charge is 0.135 e. The molecule has 0 atom stereocenters. The van der Waals surface area contributed by atoms with Crippen molar-refractivity contribution in [3.8, 4) is 50.4 Å². The highest BCUT2D eigenvalue weighted by Gasteiger charge is 2.19. The van der Waals surface area contributed by atoms with Crippen LogP contribution in [-0.2, 0) is 0 Å². The minimum absolute atomic E-state index is 0.870. The topological polar surface area (TPSA) is 27.9 Å². The zero-order valence-electron chi connectivity index (χ0n) is 37.9. The van der Waals surface area contributed by atoms with Gasteiger partial charge in [-0.2, -0.15) is 0 Å². The summed E-state index contributed by atoms with van der Waals surface area (Å²) in [4.78, 5) is 0. The fourth-order valence-corrected chi connectivity index (χ4v) is 11.4. The van der Waals surface area contributed by atoms with Gasteiger partial charge in [-0.05, 0) is 143 Å². The van der Waals surface area contributed by atoms with Crippen molar-refractivity contribution in [2.24, 2.45) is 0 Å². The fourth-order valence-electron chi connectivity index (χ4n) is 11.4. The second kappa shape index (κ2) is 15.1. The zero-order chi connectivity index (χ0) is 45.9. The Kier molecular flexibility index (Phi) is 8.33. The van der Waals surface area contributed by atoms with E-state index in [1.165, 1.54) is 99.0 Å². The van der Waals surface area contributed by atoms with Gasteiger partial charge in [0, 0.05) is 60.2 Å². The number of para-hydroxylation sites is 4. The molecule has 4 aromatic heterocycles. The van der Waals surface area contributed by atoms with Gasteiger partial charge >= 0.3 is 0 Å². The Balaban J connectivity index is 0.829. The summed E-state index contributed by atoms with van der Waals surface area (Å²) in [5.41, 5.74) is 19.4. The van der Waals surface area contributed by atoms with Gasteiger partial charge in [0.05, 0.1) is 33.1 Å². The Labute approximate surface area is 402 Å². The molecule has 0 spiro atoms. The molecular weight excluding hydrogens is 851 g/mol. The first-order valence-electron chi connectivity index (χ1n) is 24.0. The van der Waals surface area contributed by atoms with Crippen LogP contribution in [0.25, 0.3) is 138 Å². The largest absolute Gasteiger partial charge is 0.456 e. The molecule has 15 rings (SSSR count). The fraction of sp³-hybridized carbons (Fsp3) is 0. The van der Waals surface area contributed by atoms with E-state index in [0.717, 1.165) is 38.8 Å². The summed E-state index contributed by atoms with van der Waals surface area (Å²) < 4.78 is 13.7. The summed E-state index contributed by atoms with van der Waals surface area (Å²) in [5, 5.41) is 9.59. The summed E-state index contributed by atoms with van der Waals surface area (Å²) in [5.74, 6) is 0. The number of nitrogens with zero attached hydrogens (tertiary/aromatic N) is 3. The number of fused-ring (bicyclic) bond motifs is 12. The van der Waals surface area contributed by atoms with Crippen molar-refractivity contribution in [1.82, 2.24) is 13.7 Å². The number of aromatic nitrogens is 3. The van der Waals surface area contributed by atoms with E-state index < -0.39 is 0 Å². The highest BCUT2D eigenvalue weighted by molar-refractivity contribution is 6.14. The second-order valence-electron chi connectivity index (χ2n) is 18.5. The Bertz CT molecular complexity index is 4580. The molecule has 70 heavy (non-hydrogen) atoms. The highest BCUT2D eigenvalue weighted by atomic mass is 16.3. The van der Waals surface area contributed by atoms with Crippen molar-refractivity contribution in [1.29, 1.82) is 0 Å². The molecule has 0 amide bonds. The lowest BCUT2D eigenvalue weighted by Gasteiger charge is -2.10. The summed E-state index contributed by atoms with van der Waals surface area (Å²) in [6.45, 7) is 0. The molecule has 326 valence electrons. The SMILES string of the molecule is c1ccc(-c2ccc3c(c2)c2ccccc2n3-c2ccc3oc4ccc(-n5c6ccccc6c6cc(-c7cccc(-c8ccc9c(c8)c8ccccc8n9-c8ccccc8)c7)ccc65)cc4c3c2)cc1. The summed E-state index contributed by atoms with van der Waals surface area (Å²) >= 11 is 0. The minimum atomic E-state index is 0.870. The highest BCUT2D eigenvalue weighted by Crippen LogP contribution is 2.41. The molecular formula is C66H41N3O. The third-order valence-corrected chi connectivity index (χ3v) is 14.6. The van der Waals surface area contributed by atoms with Crippen LogP contribution in [0.15, 0.2) is 253 Å². The van der Waals surface area contributed by atoms with E-state index in [2.05, 4.69) is 262 Å². The number of rotatable bonds is 6. The third-order valence-electron chi connectivity index (χ3n) is 14.6. The summed E-state index contributed by atoms with van der Waals surface area (Å²) in [6, 6.07) is 90.5. The van der Waals surface area contributed by atoms with Gasteiger partial charge in [-0.25, -0.2) is 0 Å². The van der Waals surface area contributed by atoms with Crippen molar-refractivity contribution in [2.45, 2.75) is 0 Å². The molecule has 0 bridgehead atoms. The van der Waals surface area contributed by atoms with Crippen LogP contribution in [0.2, 0.25) is 0 Å². The Morgan fingerprint density at radius 2 is 0.557 bits per heavy atom. The molecule has 0 aliphatic carbocycles. The van der Waals surface area contributed by atoms with Crippen LogP contribution < -0.4 is 0 Å². The lowest BCUT2D eigenvalue weighted by Crippen LogP contribution is -1.94. The second-order valence-corrected chi connectivity index (χ2v) is 18.5. The quantitative estimate of drug-likeness (QED) is 0.163. The molecule has 15 aromatic rings. The Hall–Kier alpha value is -9.38. The standard InChI is InChI=1S/C66H41N3O/c1-3-14-42(15-4-1)45-26-31-63-54(37-45)52-21-8-11-24-60(52)68(63)49-29-34-65-57(40-49)58-41-50(30-35-66(58)70-65)69-61-25-12-9-22-53(61)56-39-47(28-33-64(56)69)44-17-13-16-43(36-44)46-27-32-62-55(38-46)51-20-7-10-23-59(51)67(62)48-18-5-2-6-19-48/h1-41H. The van der Waals surface area contributed by atoms with Gasteiger partial charge in [0.1, 0.15) is 11.2 Å². The summed E-state index contributed by atoms with van der Waals surface area (Å²) in [6.07, 6.45) is 0. The molecule has 0 unspecified atom stereocenters. The van der Waals surface area contributed by atoms with Crippen LogP contribution in [0.5, 0.6) is 0 Å². The van der Waals surface area contributed by atoms with Crippen molar-refractivity contribution in [3.05, 3.63) is 249 Å². The lowest BCUT2D eigenvalue weighted by molar-refractivity contribution is 0.669. The van der Waals surface area contributed by atoms with Crippen LogP contribution in [0.4, 0.5) is 0 Å². The average molecular weight is 892 g/mol. The third kappa shape index (κ3) is 5.84. The lowest BCUT2D eigenvalue weighted by atomic mass is 9.97. The molecule has 4 heterocycles. The molecule has 0 radical (unpaired) electrons. The first-order valence-corrected chi connectivity index (χ1v) is 24.0. The number of furan rings is 1. The first-order chi connectivity index (χ1) is 34.7. The molecule has 0 saturated heterocycles. The monoisotopic (exact) mass is 891 g/mol. The van der Waals surface area contributed by atoms with E-state index >= 15 is 0 Å². The van der Waals surface area contributed by atoms with Gasteiger partial charge in [-0.15, -0.1) is 0 Å². The van der Waals surface area contributed by atoms with Crippen LogP contribution in [-0.4, -0.2) is 13.7 Å². The number of hydrogen-bond acceptors (Lipinski definition) is 1. The maximum Gasteiger partial charge on any atom is 0.135 e. The Morgan fingerprint density at radius 3 is 1.03 bits per heavy atom. The van der Waals surface area contributed by atoms with Gasteiger partial charge in [-0.3, -0.25) is 0 Å². The molecule has 0 fully saturated rings. The molecule has 0 saturated carbocycles. The van der Waals surface area contributed by atoms with E-state index in [9.17, 15) is 0 Å². The molecule has 4 nitrogen and oxygen atoms in total. The van der Waals surface area contributed by atoms with Crippen LogP contribution in [0.3, 0.4) is 0 Å². The first kappa shape index (κ1) is 38.7. The van der Waals surface area contributed by atoms with Crippen molar-refractivity contribution in [3.63, 3.8) is 0 Å². The molecule has 0 N–H and O–H groups in total. The minimum Gasteiger partial charge on any atom is -0.456 e. The van der Waals surface area contributed by atoms with E-state index in [1.807, 2.05) is 0 Å². The maximum atomic E-state index is 6.56. The van der Waals surface area contributed by atoms with Gasteiger partial charge in [0.2, 0.25) is 0 Å². The predicted molar refractivity (Wildman–Crippen MR) is 293 cm³/mol. The van der Waals surface area contributed by atoms with Crippen molar-refractivity contribution < 1.29 is 4.42 Å². The predicted octanol–water partition coefficient (Wildman–Crippen LogP) is 17.9. The molecule has 0 aliphatic rings. The van der Waals surface area contributed by atoms with E-state index in [1.54, 1.807) is 0 Å². The zero-order valence-corrected chi connectivity index (χ0v) is 37.9. The van der Waals surface area contributed by atoms with Gasteiger partial charge in [0.25, 0.3) is 0 Å². The van der Waals surface area contributed by atoms with E-state index in [4.69, 9.17) is 4.42 Å². The molecule has 0 aliphatic heterocycles. The average Bonchev–Trinajstić information content (AvgIpc) is 4.17. The van der Waals surface area contributed by atoms with Crippen molar-refractivity contribution >= 4 is 87.4 Å². The number of benzene rings is 11. The van der Waals surface area contributed by atoms with Crippen LogP contribution in [0, 0.1) is 0 Å². The number of hydrogen-bond donors (Lipinski definition) is 0. The van der Waals surface area contributed by atoms with E-state index in [-0.39, 0.29) is 0 Å². The van der Waals surface area contributed by atoms with Crippen LogP contribution in [0.1, 0.15) is 0 Å². The van der Waals surface area contributed by atoms with Gasteiger partial charge in [-0.1, -0.05) is 140 Å². The normalized spacial score (nSPS) is 12.0.